The standard InChI is InChI=1S/C24H34N2O/c1-3-4-15-26-16-14-24(21-8-6-5-7-9-21)22(19-26)18-25-17-20-10-12-23(27-2)13-11-20/h5-13,22,24-25H,3-4,14-19H2,1-2H3/t22-,24+/m1/s1. The van der Waals surface area contributed by atoms with Crippen molar-refractivity contribution in [1.82, 2.24) is 10.2 Å². The molecule has 2 aromatic carbocycles. The smallest absolute Gasteiger partial charge is 0.118 e. The molecule has 0 aliphatic carbocycles. The van der Waals surface area contributed by atoms with Crippen LogP contribution in [0.4, 0.5) is 0 Å². The second-order valence-electron chi connectivity index (χ2n) is 7.70. The van der Waals surface area contributed by atoms with Gasteiger partial charge in [0.2, 0.25) is 0 Å². The van der Waals surface area contributed by atoms with Gasteiger partial charge < -0.3 is 15.0 Å². The second-order valence-corrected chi connectivity index (χ2v) is 7.70. The molecule has 27 heavy (non-hydrogen) atoms. The zero-order chi connectivity index (χ0) is 18.9. The number of unbranched alkanes of at least 4 members (excludes halogenated alkanes) is 1. The van der Waals surface area contributed by atoms with E-state index in [9.17, 15) is 0 Å². The third kappa shape index (κ3) is 5.82. The number of piperidine rings is 1. The molecule has 0 unspecified atom stereocenters. The lowest BCUT2D eigenvalue weighted by Gasteiger charge is -2.39. The van der Waals surface area contributed by atoms with Gasteiger partial charge in [-0.1, -0.05) is 55.8 Å². The summed E-state index contributed by atoms with van der Waals surface area (Å²) in [5, 5.41) is 3.72. The molecule has 2 atom stereocenters. The molecule has 0 radical (unpaired) electrons. The highest BCUT2D eigenvalue weighted by Gasteiger charge is 2.29. The maximum absolute atomic E-state index is 5.25. The van der Waals surface area contributed by atoms with Crippen LogP contribution in [0.15, 0.2) is 54.6 Å². The van der Waals surface area contributed by atoms with E-state index in [1.54, 1.807) is 7.11 Å². The molecule has 1 aliphatic rings. The molecule has 3 heteroatoms. The third-order valence-corrected chi connectivity index (χ3v) is 5.77. The topological polar surface area (TPSA) is 24.5 Å². The van der Waals surface area contributed by atoms with E-state index < -0.39 is 0 Å². The van der Waals surface area contributed by atoms with E-state index in [1.165, 1.54) is 50.0 Å². The lowest BCUT2D eigenvalue weighted by Crippen LogP contribution is -2.43. The average molecular weight is 367 g/mol. The summed E-state index contributed by atoms with van der Waals surface area (Å²) in [4.78, 5) is 2.67. The van der Waals surface area contributed by atoms with Crippen molar-refractivity contribution in [3.05, 3.63) is 65.7 Å². The van der Waals surface area contributed by atoms with Crippen molar-refractivity contribution >= 4 is 0 Å². The Bertz CT molecular complexity index is 656. The van der Waals surface area contributed by atoms with Crippen LogP contribution >= 0.6 is 0 Å². The molecular weight excluding hydrogens is 332 g/mol. The number of benzene rings is 2. The van der Waals surface area contributed by atoms with Crippen LogP contribution in [0, 0.1) is 5.92 Å². The SMILES string of the molecule is CCCCN1CC[C@@H](c2ccccc2)[C@H](CNCc2ccc(OC)cc2)C1. The molecule has 1 N–H and O–H groups in total. The van der Waals surface area contributed by atoms with Crippen molar-refractivity contribution in [2.24, 2.45) is 5.92 Å². The van der Waals surface area contributed by atoms with Crippen molar-refractivity contribution in [1.29, 1.82) is 0 Å². The number of likely N-dealkylation sites (tertiary alicyclic amines) is 1. The maximum atomic E-state index is 5.25. The monoisotopic (exact) mass is 366 g/mol. The van der Waals surface area contributed by atoms with Crippen molar-refractivity contribution in [2.45, 2.75) is 38.6 Å². The van der Waals surface area contributed by atoms with E-state index in [4.69, 9.17) is 4.74 Å². The number of hydrogen-bond acceptors (Lipinski definition) is 3. The van der Waals surface area contributed by atoms with Gasteiger partial charge in [0.25, 0.3) is 0 Å². The minimum Gasteiger partial charge on any atom is -0.497 e. The van der Waals surface area contributed by atoms with Crippen molar-refractivity contribution in [3.8, 4) is 5.75 Å². The van der Waals surface area contributed by atoms with Crippen LogP contribution in [-0.4, -0.2) is 38.2 Å². The molecule has 1 heterocycles. The molecule has 146 valence electrons. The van der Waals surface area contributed by atoms with E-state index in [2.05, 4.69) is 59.6 Å². The predicted molar refractivity (Wildman–Crippen MR) is 113 cm³/mol. The molecular formula is C24H34N2O. The van der Waals surface area contributed by atoms with Gasteiger partial charge in [-0.05, 0) is 61.0 Å². The average Bonchev–Trinajstić information content (AvgIpc) is 2.73. The van der Waals surface area contributed by atoms with Crippen LogP contribution in [0.3, 0.4) is 0 Å². The first-order chi connectivity index (χ1) is 13.3. The summed E-state index contributed by atoms with van der Waals surface area (Å²) in [7, 11) is 1.71. The van der Waals surface area contributed by atoms with Gasteiger partial charge in [-0.15, -0.1) is 0 Å². The summed E-state index contributed by atoms with van der Waals surface area (Å²) in [6.45, 7) is 7.94. The Labute approximate surface area is 164 Å². The van der Waals surface area contributed by atoms with Crippen molar-refractivity contribution in [3.63, 3.8) is 0 Å². The largest absolute Gasteiger partial charge is 0.497 e. The molecule has 3 rings (SSSR count). The number of nitrogens with zero attached hydrogens (tertiary/aromatic N) is 1. The van der Waals surface area contributed by atoms with Crippen LogP contribution in [0.2, 0.25) is 0 Å². The van der Waals surface area contributed by atoms with E-state index in [0.29, 0.717) is 11.8 Å². The summed E-state index contributed by atoms with van der Waals surface area (Å²) < 4.78 is 5.25. The third-order valence-electron chi connectivity index (χ3n) is 5.77. The number of methoxy groups -OCH3 is 1. The van der Waals surface area contributed by atoms with Crippen LogP contribution in [0.1, 0.15) is 43.2 Å². The fourth-order valence-corrected chi connectivity index (χ4v) is 4.18. The summed E-state index contributed by atoms with van der Waals surface area (Å²) >= 11 is 0. The highest BCUT2D eigenvalue weighted by atomic mass is 16.5. The number of nitrogens with one attached hydrogen (secondary N) is 1. The lowest BCUT2D eigenvalue weighted by molar-refractivity contribution is 0.149. The summed E-state index contributed by atoms with van der Waals surface area (Å²) in [6, 6.07) is 19.5. The van der Waals surface area contributed by atoms with Gasteiger partial charge >= 0.3 is 0 Å². The Morgan fingerprint density at radius 2 is 1.85 bits per heavy atom. The highest BCUT2D eigenvalue weighted by molar-refractivity contribution is 5.27. The Kier molecular flexibility index (Phi) is 7.73. The van der Waals surface area contributed by atoms with Gasteiger partial charge in [0.05, 0.1) is 7.11 Å². The number of rotatable bonds is 9. The molecule has 0 amide bonds. The van der Waals surface area contributed by atoms with E-state index in [-0.39, 0.29) is 0 Å². The van der Waals surface area contributed by atoms with E-state index >= 15 is 0 Å². The number of ether oxygens (including phenoxy) is 1. The zero-order valence-electron chi connectivity index (χ0n) is 16.9. The second kappa shape index (κ2) is 10.5. The van der Waals surface area contributed by atoms with Crippen molar-refractivity contribution in [2.75, 3.05) is 33.3 Å². The summed E-state index contributed by atoms with van der Waals surface area (Å²) in [6.07, 6.45) is 3.85. The van der Waals surface area contributed by atoms with Gasteiger partial charge in [-0.25, -0.2) is 0 Å². The van der Waals surface area contributed by atoms with E-state index in [1.807, 2.05) is 12.1 Å². The summed E-state index contributed by atoms with van der Waals surface area (Å²) in [5.41, 5.74) is 2.81. The Morgan fingerprint density at radius 3 is 2.56 bits per heavy atom. The molecule has 1 aliphatic heterocycles. The van der Waals surface area contributed by atoms with Gasteiger partial charge in [0.1, 0.15) is 5.75 Å². The highest BCUT2D eigenvalue weighted by Crippen LogP contribution is 2.32. The molecule has 1 saturated heterocycles. The number of hydrogen-bond donors (Lipinski definition) is 1. The first kappa shape index (κ1) is 19.9. The van der Waals surface area contributed by atoms with Crippen LogP contribution in [-0.2, 0) is 6.54 Å². The predicted octanol–water partition coefficient (Wildman–Crippen LogP) is 4.69. The normalized spacial score (nSPS) is 20.5. The minimum atomic E-state index is 0.660. The zero-order valence-corrected chi connectivity index (χ0v) is 16.9. The van der Waals surface area contributed by atoms with Crippen LogP contribution < -0.4 is 10.1 Å². The maximum Gasteiger partial charge on any atom is 0.118 e. The van der Waals surface area contributed by atoms with Gasteiger partial charge in [0, 0.05) is 19.6 Å². The molecule has 3 nitrogen and oxygen atoms in total. The molecule has 0 bridgehead atoms. The Balaban J connectivity index is 1.59. The quantitative estimate of drug-likeness (QED) is 0.697. The van der Waals surface area contributed by atoms with Gasteiger partial charge in [-0.2, -0.15) is 0 Å². The van der Waals surface area contributed by atoms with Crippen LogP contribution in [0.25, 0.3) is 0 Å². The molecule has 0 spiro atoms. The minimum absolute atomic E-state index is 0.660. The fraction of sp³-hybridized carbons (Fsp3) is 0.500. The van der Waals surface area contributed by atoms with Crippen LogP contribution in [0.5, 0.6) is 5.75 Å². The first-order valence-corrected chi connectivity index (χ1v) is 10.4. The first-order valence-electron chi connectivity index (χ1n) is 10.4. The van der Waals surface area contributed by atoms with Gasteiger partial charge in [0.15, 0.2) is 0 Å². The van der Waals surface area contributed by atoms with Gasteiger partial charge in [-0.3, -0.25) is 0 Å². The molecule has 2 aromatic rings. The summed E-state index contributed by atoms with van der Waals surface area (Å²) in [5.74, 6) is 2.24. The fourth-order valence-electron chi connectivity index (χ4n) is 4.18. The van der Waals surface area contributed by atoms with Crippen molar-refractivity contribution < 1.29 is 4.74 Å². The Hall–Kier alpha value is -1.84. The Morgan fingerprint density at radius 1 is 1.07 bits per heavy atom. The molecule has 0 aromatic heterocycles. The van der Waals surface area contributed by atoms with E-state index in [0.717, 1.165) is 18.8 Å². The molecule has 1 fully saturated rings. The lowest BCUT2D eigenvalue weighted by atomic mass is 9.80. The molecule has 0 saturated carbocycles.